The van der Waals surface area contributed by atoms with Gasteiger partial charge < -0.3 is 36.8 Å². The predicted molar refractivity (Wildman–Crippen MR) is 202 cm³/mol. The predicted octanol–water partition coefficient (Wildman–Crippen LogP) is 1.13. The van der Waals surface area contributed by atoms with Gasteiger partial charge in [-0.15, -0.1) is 0 Å². The Hall–Kier alpha value is -4.14. The summed E-state index contributed by atoms with van der Waals surface area (Å²) in [6.45, 7) is 13.8. The summed E-state index contributed by atoms with van der Waals surface area (Å²) in [6.07, 6.45) is 2.31. The largest absolute Gasteiger partial charge is 0.355 e. The van der Waals surface area contributed by atoms with Crippen molar-refractivity contribution in [2.24, 2.45) is 17.8 Å². The standard InChI is InChI=1S/C37H59N7O7S/c1-10-38-36(50)31(23(6)7)44-24(8)32(46)42-28(19-25-14-12-11-13-15-25)34(48)43-30(22(4)5)35(49)39-20-29(45)40-27(18-21(2)3)33(47)41-26(37(44)51)16-17-52-9/h11-15,21-24,26-28,30-31H,10,16-20H2,1-9H3,(H,38,50)(H,39,49)(H,40,45)(H,41,47)(H,42,46)(H,43,48)/t24-,26-,27-,28-,30-,31?/m0/s1. The topological polar surface area (TPSA) is 195 Å². The zero-order valence-electron chi connectivity index (χ0n) is 32.0. The number of rotatable bonds is 12. The summed E-state index contributed by atoms with van der Waals surface area (Å²) in [5.74, 6) is -4.76. The molecule has 0 saturated carbocycles. The summed E-state index contributed by atoms with van der Waals surface area (Å²) in [4.78, 5) is 98.1. The van der Waals surface area contributed by atoms with E-state index in [2.05, 4.69) is 31.9 Å². The summed E-state index contributed by atoms with van der Waals surface area (Å²) in [5.41, 5.74) is 0.728. The molecule has 1 aliphatic heterocycles. The molecule has 1 aliphatic rings. The minimum Gasteiger partial charge on any atom is -0.355 e. The van der Waals surface area contributed by atoms with Gasteiger partial charge >= 0.3 is 0 Å². The van der Waals surface area contributed by atoms with Gasteiger partial charge in [0.1, 0.15) is 36.3 Å². The third-order valence-electron chi connectivity index (χ3n) is 8.77. The number of hydrogen-bond donors (Lipinski definition) is 6. The molecule has 6 atom stereocenters. The van der Waals surface area contributed by atoms with Crippen LogP contribution in [0, 0.1) is 17.8 Å². The zero-order chi connectivity index (χ0) is 39.1. The first-order valence-corrected chi connectivity index (χ1v) is 19.5. The molecule has 1 saturated heterocycles. The molecule has 14 nitrogen and oxygen atoms in total. The highest BCUT2D eigenvalue weighted by Crippen LogP contribution is 2.20. The van der Waals surface area contributed by atoms with Crippen LogP contribution in [0.3, 0.4) is 0 Å². The average molecular weight is 746 g/mol. The number of likely N-dealkylation sites (N-methyl/N-ethyl adjacent to an activating group) is 1. The Morgan fingerprint density at radius 2 is 1.46 bits per heavy atom. The number of hydrogen-bond acceptors (Lipinski definition) is 8. The lowest BCUT2D eigenvalue weighted by molar-refractivity contribution is -0.151. The van der Waals surface area contributed by atoms with Crippen LogP contribution in [0.15, 0.2) is 30.3 Å². The Bertz CT molecular complexity index is 1390. The lowest BCUT2D eigenvalue weighted by Crippen LogP contribution is -2.65. The molecule has 0 aromatic heterocycles. The van der Waals surface area contributed by atoms with E-state index in [0.717, 1.165) is 5.56 Å². The van der Waals surface area contributed by atoms with Crippen molar-refractivity contribution in [2.45, 2.75) is 111 Å². The highest BCUT2D eigenvalue weighted by Gasteiger charge is 2.42. The smallest absolute Gasteiger partial charge is 0.246 e. The van der Waals surface area contributed by atoms with Crippen molar-refractivity contribution in [3.63, 3.8) is 0 Å². The number of thioether (sulfide) groups is 1. The van der Waals surface area contributed by atoms with Gasteiger partial charge in [0.05, 0.1) is 6.54 Å². The minimum atomic E-state index is -1.28. The van der Waals surface area contributed by atoms with Crippen molar-refractivity contribution in [1.82, 2.24) is 36.8 Å². The van der Waals surface area contributed by atoms with Gasteiger partial charge in [0.15, 0.2) is 0 Å². The first kappa shape index (κ1) is 44.0. The lowest BCUT2D eigenvalue weighted by Gasteiger charge is -2.40. The molecule has 0 bridgehead atoms. The fraction of sp³-hybridized carbons (Fsp3) is 0.649. The molecule has 52 heavy (non-hydrogen) atoms. The normalized spacial score (nSPS) is 23.6. The fourth-order valence-corrected chi connectivity index (χ4v) is 6.51. The first-order valence-electron chi connectivity index (χ1n) is 18.1. The number of nitrogens with zero attached hydrogens (tertiary/aromatic N) is 1. The van der Waals surface area contributed by atoms with Gasteiger partial charge in [-0.05, 0) is 62.0 Å². The molecule has 7 amide bonds. The van der Waals surface area contributed by atoms with Crippen LogP contribution >= 0.6 is 11.8 Å². The first-order chi connectivity index (χ1) is 24.5. The van der Waals surface area contributed by atoms with Gasteiger partial charge in [-0.2, -0.15) is 11.8 Å². The molecular formula is C37H59N7O7S. The summed E-state index contributed by atoms with van der Waals surface area (Å²) in [5, 5.41) is 16.4. The Labute approximate surface area is 312 Å². The quantitative estimate of drug-likeness (QED) is 0.183. The van der Waals surface area contributed by atoms with E-state index in [4.69, 9.17) is 0 Å². The summed E-state index contributed by atoms with van der Waals surface area (Å²) in [6, 6.07) is 2.14. The molecule has 1 fully saturated rings. The maximum Gasteiger partial charge on any atom is 0.246 e. The SMILES string of the molecule is CCNC(=O)C(C(C)C)N1C(=O)[C@H](CCSC)NC(=O)[C@H](CC(C)C)NC(=O)CNC(=O)[C@H](C(C)C)NC(=O)[C@H](Cc2ccccc2)NC(=O)[C@@H]1C. The monoisotopic (exact) mass is 745 g/mol. The van der Waals surface area contributed by atoms with Crippen LogP contribution < -0.4 is 31.9 Å². The van der Waals surface area contributed by atoms with Crippen molar-refractivity contribution in [3.8, 4) is 0 Å². The summed E-state index contributed by atoms with van der Waals surface area (Å²) >= 11 is 1.45. The van der Waals surface area contributed by atoms with Gasteiger partial charge in [0.25, 0.3) is 0 Å². The summed E-state index contributed by atoms with van der Waals surface area (Å²) in [7, 11) is 0. The molecule has 0 aliphatic carbocycles. The Morgan fingerprint density at radius 1 is 0.846 bits per heavy atom. The van der Waals surface area contributed by atoms with E-state index in [1.807, 2.05) is 26.2 Å². The maximum atomic E-state index is 14.7. The zero-order valence-corrected chi connectivity index (χ0v) is 32.9. The lowest BCUT2D eigenvalue weighted by atomic mass is 9.96. The number of amides is 7. The highest BCUT2D eigenvalue weighted by molar-refractivity contribution is 7.98. The van der Waals surface area contributed by atoms with Gasteiger partial charge in [-0.1, -0.05) is 71.9 Å². The Balaban J connectivity index is 2.78. The molecule has 1 aromatic carbocycles. The number of carbonyl (C=O) groups is 7. The molecule has 15 heteroatoms. The van der Waals surface area contributed by atoms with Gasteiger partial charge in [0, 0.05) is 13.0 Å². The van der Waals surface area contributed by atoms with Crippen molar-refractivity contribution < 1.29 is 33.6 Å². The fourth-order valence-electron chi connectivity index (χ4n) is 6.04. The van der Waals surface area contributed by atoms with Crippen LogP contribution in [0.25, 0.3) is 0 Å². The van der Waals surface area contributed by atoms with Crippen LogP contribution in [0.2, 0.25) is 0 Å². The van der Waals surface area contributed by atoms with Crippen molar-refractivity contribution in [2.75, 3.05) is 25.1 Å². The second-order valence-corrected chi connectivity index (χ2v) is 15.3. The van der Waals surface area contributed by atoms with E-state index in [1.54, 1.807) is 58.9 Å². The average Bonchev–Trinajstić information content (AvgIpc) is 3.08. The van der Waals surface area contributed by atoms with Crippen LogP contribution in [-0.4, -0.2) is 108 Å². The van der Waals surface area contributed by atoms with E-state index >= 15 is 0 Å². The van der Waals surface area contributed by atoms with E-state index in [1.165, 1.54) is 23.6 Å². The molecule has 0 radical (unpaired) electrons. The maximum absolute atomic E-state index is 14.7. The molecule has 290 valence electrons. The van der Waals surface area contributed by atoms with Crippen molar-refractivity contribution in [3.05, 3.63) is 35.9 Å². The van der Waals surface area contributed by atoms with Crippen molar-refractivity contribution >= 4 is 53.1 Å². The molecule has 6 N–H and O–H groups in total. The molecule has 0 spiro atoms. The number of nitrogens with one attached hydrogen (secondary N) is 6. The van der Waals surface area contributed by atoms with E-state index in [0.29, 0.717) is 5.75 Å². The Morgan fingerprint density at radius 3 is 2.02 bits per heavy atom. The van der Waals surface area contributed by atoms with Crippen LogP contribution in [0.5, 0.6) is 0 Å². The Kier molecular flexibility index (Phi) is 18.1. The highest BCUT2D eigenvalue weighted by atomic mass is 32.2. The molecule has 1 heterocycles. The van der Waals surface area contributed by atoms with E-state index in [9.17, 15) is 33.6 Å². The minimum absolute atomic E-state index is 0.0310. The van der Waals surface area contributed by atoms with Crippen LogP contribution in [0.4, 0.5) is 0 Å². The van der Waals surface area contributed by atoms with Crippen LogP contribution in [-0.2, 0) is 40.0 Å². The number of benzene rings is 1. The van der Waals surface area contributed by atoms with Gasteiger partial charge in [-0.3, -0.25) is 33.6 Å². The van der Waals surface area contributed by atoms with Crippen LogP contribution in [0.1, 0.15) is 73.8 Å². The molecule has 1 aromatic rings. The second-order valence-electron chi connectivity index (χ2n) is 14.3. The summed E-state index contributed by atoms with van der Waals surface area (Å²) < 4.78 is 0. The molecule has 2 rings (SSSR count). The van der Waals surface area contributed by atoms with Gasteiger partial charge in [0.2, 0.25) is 41.4 Å². The third-order valence-corrected chi connectivity index (χ3v) is 9.42. The van der Waals surface area contributed by atoms with Crippen molar-refractivity contribution in [1.29, 1.82) is 0 Å². The second kappa shape index (κ2) is 21.4. The molecular weight excluding hydrogens is 687 g/mol. The van der Waals surface area contributed by atoms with Gasteiger partial charge in [-0.25, -0.2) is 0 Å². The third kappa shape index (κ3) is 13.1. The number of carbonyl (C=O) groups excluding carboxylic acids is 7. The van der Waals surface area contributed by atoms with E-state index in [-0.39, 0.29) is 31.7 Å². The van der Waals surface area contributed by atoms with E-state index < -0.39 is 96.0 Å². The molecule has 1 unspecified atom stereocenters.